The van der Waals surface area contributed by atoms with Crippen molar-refractivity contribution in [1.29, 1.82) is 0 Å². The summed E-state index contributed by atoms with van der Waals surface area (Å²) in [6.07, 6.45) is 5.60. The summed E-state index contributed by atoms with van der Waals surface area (Å²) in [5.41, 5.74) is 0.604. The van der Waals surface area contributed by atoms with Crippen molar-refractivity contribution < 1.29 is 34.0 Å². The minimum absolute atomic E-state index is 0.0503. The van der Waals surface area contributed by atoms with E-state index >= 15 is 0 Å². The van der Waals surface area contributed by atoms with Crippen LogP contribution in [0.2, 0.25) is 5.02 Å². The van der Waals surface area contributed by atoms with Crippen LogP contribution in [0, 0.1) is 23.2 Å². The van der Waals surface area contributed by atoms with Gasteiger partial charge in [-0.2, -0.15) is 0 Å². The second-order valence-corrected chi connectivity index (χ2v) is 14.0. The molecule has 252 valence electrons. The molecule has 1 aliphatic carbocycles. The van der Waals surface area contributed by atoms with Crippen molar-refractivity contribution in [3.63, 3.8) is 0 Å². The van der Waals surface area contributed by atoms with Crippen molar-refractivity contribution in [2.45, 2.75) is 84.5 Å². The van der Waals surface area contributed by atoms with Gasteiger partial charge in [0.05, 0.1) is 25.5 Å². The lowest BCUT2D eigenvalue weighted by molar-refractivity contribution is -0.182. The smallest absolute Gasteiger partial charge is 0.343 e. The molecule has 1 heterocycles. The molecule has 1 fully saturated rings. The number of carbonyl (C=O) groups excluding carboxylic acids is 2. The first-order valence-corrected chi connectivity index (χ1v) is 16.8. The SMILES string of the molecule is C=C[C@H](O)[C@@H]1CCC1(C)CN1CCCCc2cc(Cl)ccc2COc2ccc([C@@](O)(C(=O)OC)[C@@H](CC)C(=O)OCC(C)C)cc21. The Morgan fingerprint density at radius 1 is 1.22 bits per heavy atom. The van der Waals surface area contributed by atoms with Crippen LogP contribution in [0.1, 0.15) is 76.5 Å². The standard InChI is InChI=1S/C37H50ClNO7/c1-7-29(34(41)46-21-24(3)4)37(43,35(42)44-6)27-13-15-33-31(20-27)39(23-36(5)17-16-30(36)32(40)8-2)18-10-9-11-25-19-28(38)14-12-26(25)22-45-33/h8,12-15,19-20,24,29-30,32,40,43H,2,7,9-11,16-18,21-23H2,1,3-6H3/t29-,30-,32-,36?,37-/m0/s1. The first kappa shape index (κ1) is 35.8. The van der Waals surface area contributed by atoms with Gasteiger partial charge >= 0.3 is 11.9 Å². The predicted octanol–water partition coefficient (Wildman–Crippen LogP) is 6.61. The maximum absolute atomic E-state index is 13.4. The minimum atomic E-state index is -2.30. The number of nitrogens with zero attached hydrogens (tertiary/aromatic N) is 1. The molecule has 5 atom stereocenters. The number of methoxy groups -OCH3 is 1. The van der Waals surface area contributed by atoms with Gasteiger partial charge in [0.15, 0.2) is 0 Å². The van der Waals surface area contributed by atoms with E-state index in [9.17, 15) is 19.8 Å². The number of anilines is 1. The Kier molecular flexibility index (Phi) is 11.8. The van der Waals surface area contributed by atoms with E-state index in [1.165, 1.54) is 7.11 Å². The maximum atomic E-state index is 13.4. The second-order valence-electron chi connectivity index (χ2n) is 13.5. The summed E-state index contributed by atoms with van der Waals surface area (Å²) in [5.74, 6) is -2.07. The molecular weight excluding hydrogens is 606 g/mol. The Bertz CT molecular complexity index is 1400. The molecule has 1 saturated carbocycles. The molecular formula is C37H50ClNO7. The third-order valence-electron chi connectivity index (χ3n) is 9.80. The van der Waals surface area contributed by atoms with Crippen molar-refractivity contribution in [3.05, 3.63) is 70.8 Å². The number of ether oxygens (including phenoxy) is 3. The Labute approximate surface area is 278 Å². The molecule has 0 aromatic heterocycles. The molecule has 2 aromatic carbocycles. The fourth-order valence-corrected chi connectivity index (χ4v) is 7.13. The zero-order valence-corrected chi connectivity index (χ0v) is 28.6. The van der Waals surface area contributed by atoms with E-state index in [0.29, 0.717) is 36.2 Å². The normalized spacial score (nSPS) is 22.5. The predicted molar refractivity (Wildman–Crippen MR) is 180 cm³/mol. The molecule has 2 aliphatic rings. The van der Waals surface area contributed by atoms with Gasteiger partial charge in [0.2, 0.25) is 5.60 Å². The van der Waals surface area contributed by atoms with E-state index in [2.05, 4.69) is 18.4 Å². The average Bonchev–Trinajstić information content (AvgIpc) is 3.06. The topological polar surface area (TPSA) is 106 Å². The minimum Gasteiger partial charge on any atom is -0.487 e. The molecule has 2 N–H and O–H groups in total. The van der Waals surface area contributed by atoms with Gasteiger partial charge < -0.3 is 29.3 Å². The number of aryl methyl sites for hydroxylation is 1. The van der Waals surface area contributed by atoms with Crippen molar-refractivity contribution in [1.82, 2.24) is 0 Å². The first-order chi connectivity index (χ1) is 21.9. The molecule has 0 bridgehead atoms. The van der Waals surface area contributed by atoms with Crippen LogP contribution < -0.4 is 9.64 Å². The number of rotatable bonds is 11. The fraction of sp³-hybridized carbons (Fsp3) is 0.568. The van der Waals surface area contributed by atoms with Gasteiger partial charge in [0.1, 0.15) is 18.3 Å². The maximum Gasteiger partial charge on any atom is 0.343 e. The van der Waals surface area contributed by atoms with E-state index in [0.717, 1.165) is 43.2 Å². The molecule has 1 unspecified atom stereocenters. The van der Waals surface area contributed by atoms with E-state index in [1.54, 1.807) is 31.2 Å². The lowest BCUT2D eigenvalue weighted by Crippen LogP contribution is -2.51. The molecule has 9 heteroatoms. The highest BCUT2D eigenvalue weighted by molar-refractivity contribution is 6.30. The van der Waals surface area contributed by atoms with Crippen LogP contribution in [0.3, 0.4) is 0 Å². The molecule has 1 aliphatic heterocycles. The molecule has 4 rings (SSSR count). The van der Waals surface area contributed by atoms with Crippen LogP contribution in [-0.4, -0.2) is 55.1 Å². The number of halogens is 1. The number of benzene rings is 2. The zero-order chi connectivity index (χ0) is 33.6. The molecule has 8 nitrogen and oxygen atoms in total. The lowest BCUT2D eigenvalue weighted by Gasteiger charge is -2.51. The van der Waals surface area contributed by atoms with Crippen LogP contribution in [0.25, 0.3) is 0 Å². The van der Waals surface area contributed by atoms with Crippen LogP contribution in [0.4, 0.5) is 5.69 Å². The highest BCUT2D eigenvalue weighted by atomic mass is 35.5. The van der Waals surface area contributed by atoms with Crippen molar-refractivity contribution in [2.75, 3.05) is 31.7 Å². The summed E-state index contributed by atoms with van der Waals surface area (Å²) >= 11 is 6.35. The molecule has 0 saturated heterocycles. The van der Waals surface area contributed by atoms with E-state index in [-0.39, 0.29) is 35.8 Å². The number of hydrogen-bond acceptors (Lipinski definition) is 8. The average molecular weight is 656 g/mol. The quantitative estimate of drug-likeness (QED) is 0.206. The molecule has 0 amide bonds. The van der Waals surface area contributed by atoms with Crippen molar-refractivity contribution in [2.24, 2.45) is 23.2 Å². The number of esters is 2. The fourth-order valence-electron chi connectivity index (χ4n) is 6.93. The zero-order valence-electron chi connectivity index (χ0n) is 27.9. The third kappa shape index (κ3) is 7.56. The van der Waals surface area contributed by atoms with Gasteiger partial charge in [-0.15, -0.1) is 6.58 Å². The van der Waals surface area contributed by atoms with Crippen LogP contribution in [0.15, 0.2) is 49.1 Å². The van der Waals surface area contributed by atoms with Gasteiger partial charge in [-0.05, 0) is 96.7 Å². The number of fused-ring (bicyclic) bond motifs is 2. The third-order valence-corrected chi connectivity index (χ3v) is 10.0. The molecule has 2 aromatic rings. The summed E-state index contributed by atoms with van der Waals surface area (Å²) in [6, 6.07) is 11.0. The monoisotopic (exact) mass is 655 g/mol. The Morgan fingerprint density at radius 3 is 2.61 bits per heavy atom. The van der Waals surface area contributed by atoms with Crippen LogP contribution >= 0.6 is 11.6 Å². The van der Waals surface area contributed by atoms with Gasteiger partial charge in [-0.1, -0.05) is 57.5 Å². The van der Waals surface area contributed by atoms with Gasteiger partial charge in [0, 0.05) is 18.1 Å². The number of aliphatic hydroxyl groups is 2. The number of carbonyl (C=O) groups is 2. The second kappa shape index (κ2) is 15.2. The first-order valence-electron chi connectivity index (χ1n) is 16.5. The Morgan fingerprint density at radius 2 is 1.98 bits per heavy atom. The number of hydrogen-bond donors (Lipinski definition) is 2. The van der Waals surface area contributed by atoms with Gasteiger partial charge in [0.25, 0.3) is 0 Å². The molecule has 0 radical (unpaired) electrons. The van der Waals surface area contributed by atoms with Crippen molar-refractivity contribution >= 4 is 29.2 Å². The Hall–Kier alpha value is -3.07. The van der Waals surface area contributed by atoms with Crippen LogP contribution in [0.5, 0.6) is 5.75 Å². The molecule has 0 spiro atoms. The van der Waals surface area contributed by atoms with Crippen molar-refractivity contribution in [3.8, 4) is 5.75 Å². The van der Waals surface area contributed by atoms with Gasteiger partial charge in [-0.3, -0.25) is 4.79 Å². The largest absolute Gasteiger partial charge is 0.487 e. The van der Waals surface area contributed by atoms with E-state index < -0.39 is 29.6 Å². The summed E-state index contributed by atoms with van der Waals surface area (Å²) in [5, 5.41) is 23.6. The van der Waals surface area contributed by atoms with E-state index in [1.807, 2.05) is 32.0 Å². The van der Waals surface area contributed by atoms with Gasteiger partial charge in [-0.25, -0.2) is 4.79 Å². The lowest BCUT2D eigenvalue weighted by atomic mass is 9.58. The summed E-state index contributed by atoms with van der Waals surface area (Å²) in [7, 11) is 1.20. The highest BCUT2D eigenvalue weighted by Gasteiger charge is 2.51. The Balaban J connectivity index is 1.82. The highest BCUT2D eigenvalue weighted by Crippen LogP contribution is 2.50. The summed E-state index contributed by atoms with van der Waals surface area (Å²) in [4.78, 5) is 29.0. The molecule has 46 heavy (non-hydrogen) atoms. The summed E-state index contributed by atoms with van der Waals surface area (Å²) < 4.78 is 17.1. The van der Waals surface area contributed by atoms with E-state index in [4.69, 9.17) is 25.8 Å². The summed E-state index contributed by atoms with van der Waals surface area (Å²) in [6.45, 7) is 13.4. The van der Waals surface area contributed by atoms with Crippen LogP contribution in [-0.2, 0) is 37.7 Å². The number of aliphatic hydroxyl groups excluding tert-OH is 1.